The lowest BCUT2D eigenvalue weighted by Gasteiger charge is -2.17. The van der Waals surface area contributed by atoms with E-state index in [4.69, 9.17) is 5.11 Å². The third-order valence-electron chi connectivity index (χ3n) is 2.27. The highest BCUT2D eigenvalue weighted by molar-refractivity contribution is 7.16. The highest BCUT2D eigenvalue weighted by Gasteiger charge is 2.33. The first-order chi connectivity index (χ1) is 6.76. The van der Waals surface area contributed by atoms with Crippen molar-refractivity contribution >= 4 is 22.4 Å². The van der Waals surface area contributed by atoms with Gasteiger partial charge in [-0.1, -0.05) is 0 Å². The van der Waals surface area contributed by atoms with E-state index in [0.717, 1.165) is 15.7 Å². The Morgan fingerprint density at radius 3 is 2.33 bits per heavy atom. The summed E-state index contributed by atoms with van der Waals surface area (Å²) in [6.07, 6.45) is 0. The molecule has 1 aromatic heterocycles. The zero-order valence-electron chi connectivity index (χ0n) is 9.66. The van der Waals surface area contributed by atoms with Crippen LogP contribution < -0.4 is 4.90 Å². The maximum absolute atomic E-state index is 11.1. The van der Waals surface area contributed by atoms with E-state index < -0.39 is 11.4 Å². The summed E-state index contributed by atoms with van der Waals surface area (Å²) in [5.74, 6) is -0.820. The van der Waals surface area contributed by atoms with Crippen LogP contribution in [0.25, 0.3) is 0 Å². The van der Waals surface area contributed by atoms with E-state index in [0.29, 0.717) is 0 Å². The normalized spacial score (nSPS) is 11.5. The number of hydrogen-bond donors (Lipinski definition) is 1. The Bertz CT molecular complexity index is 383. The Morgan fingerprint density at radius 1 is 1.47 bits per heavy atom. The van der Waals surface area contributed by atoms with Gasteiger partial charge < -0.3 is 10.0 Å². The van der Waals surface area contributed by atoms with Gasteiger partial charge in [0.2, 0.25) is 0 Å². The van der Waals surface area contributed by atoms with Crippen LogP contribution in [0.2, 0.25) is 0 Å². The van der Waals surface area contributed by atoms with Gasteiger partial charge in [-0.3, -0.25) is 4.79 Å². The van der Waals surface area contributed by atoms with E-state index in [9.17, 15) is 4.79 Å². The minimum absolute atomic E-state index is 0.802. The van der Waals surface area contributed by atoms with Gasteiger partial charge in [-0.25, -0.2) is 4.98 Å². The van der Waals surface area contributed by atoms with Gasteiger partial charge >= 0.3 is 5.97 Å². The molecule has 0 aromatic carbocycles. The van der Waals surface area contributed by atoms with Crippen molar-refractivity contribution in [2.75, 3.05) is 19.0 Å². The molecular weight excluding hydrogens is 212 g/mol. The average Bonchev–Trinajstić information content (AvgIpc) is 2.47. The molecule has 0 aliphatic heterocycles. The average molecular weight is 228 g/mol. The lowest BCUT2D eigenvalue weighted by Crippen LogP contribution is -2.28. The molecule has 0 atom stereocenters. The summed E-state index contributed by atoms with van der Waals surface area (Å²) < 4.78 is 0. The number of aryl methyl sites for hydroxylation is 1. The first kappa shape index (κ1) is 12.0. The van der Waals surface area contributed by atoms with Gasteiger partial charge in [-0.05, 0) is 20.8 Å². The second-order valence-corrected chi connectivity index (χ2v) is 5.21. The molecule has 1 N–H and O–H groups in total. The Hall–Kier alpha value is -1.10. The monoisotopic (exact) mass is 228 g/mol. The predicted molar refractivity (Wildman–Crippen MR) is 61.8 cm³/mol. The maximum atomic E-state index is 11.1. The van der Waals surface area contributed by atoms with Gasteiger partial charge in [-0.2, -0.15) is 0 Å². The van der Waals surface area contributed by atoms with Crippen molar-refractivity contribution in [1.82, 2.24) is 4.98 Å². The van der Waals surface area contributed by atoms with Crippen LogP contribution in [0, 0.1) is 6.92 Å². The fourth-order valence-electron chi connectivity index (χ4n) is 1.25. The molecule has 15 heavy (non-hydrogen) atoms. The standard InChI is InChI=1S/C10H16N2O2S/c1-6-7(10(2,3)8(13)14)15-9(11-6)12(4)5/h1-5H3,(H,13,14). The van der Waals surface area contributed by atoms with E-state index in [2.05, 4.69) is 4.98 Å². The van der Waals surface area contributed by atoms with Gasteiger partial charge in [0.15, 0.2) is 5.13 Å². The number of carboxylic acids is 1. The van der Waals surface area contributed by atoms with E-state index >= 15 is 0 Å². The molecule has 0 aliphatic rings. The molecule has 5 heteroatoms. The Labute approximate surface area is 93.6 Å². The minimum Gasteiger partial charge on any atom is -0.481 e. The molecular formula is C10H16N2O2S. The molecule has 1 aromatic rings. The molecule has 0 unspecified atom stereocenters. The molecule has 0 radical (unpaired) electrons. The number of aliphatic carboxylic acids is 1. The number of aromatic nitrogens is 1. The predicted octanol–water partition coefficient (Wildman–Crippen LogP) is 1.88. The van der Waals surface area contributed by atoms with Gasteiger partial charge in [-0.15, -0.1) is 11.3 Å². The molecule has 0 saturated heterocycles. The molecule has 0 spiro atoms. The number of nitrogens with zero attached hydrogens (tertiary/aromatic N) is 2. The Morgan fingerprint density at radius 2 is 2.00 bits per heavy atom. The highest BCUT2D eigenvalue weighted by Crippen LogP contribution is 2.34. The van der Waals surface area contributed by atoms with Crippen molar-refractivity contribution in [3.63, 3.8) is 0 Å². The van der Waals surface area contributed by atoms with Gasteiger partial charge in [0.1, 0.15) is 0 Å². The summed E-state index contributed by atoms with van der Waals surface area (Å²) in [6, 6.07) is 0. The molecule has 0 saturated carbocycles. The number of carboxylic acid groups (broad SMARTS) is 1. The Kier molecular flexibility index (Phi) is 3.04. The minimum atomic E-state index is -0.865. The summed E-state index contributed by atoms with van der Waals surface area (Å²) in [5, 5.41) is 9.98. The van der Waals surface area contributed by atoms with E-state index in [1.165, 1.54) is 11.3 Å². The zero-order chi connectivity index (χ0) is 11.8. The summed E-state index contributed by atoms with van der Waals surface area (Å²) in [5.41, 5.74) is -0.0631. The molecule has 0 bridgehead atoms. The summed E-state index contributed by atoms with van der Waals surface area (Å²) >= 11 is 1.44. The second-order valence-electron chi connectivity index (χ2n) is 4.24. The van der Waals surface area contributed by atoms with Crippen LogP contribution in [-0.2, 0) is 10.2 Å². The van der Waals surface area contributed by atoms with Crippen LogP contribution in [0.5, 0.6) is 0 Å². The first-order valence-electron chi connectivity index (χ1n) is 4.65. The molecule has 0 fully saturated rings. The van der Waals surface area contributed by atoms with Crippen LogP contribution in [0.4, 0.5) is 5.13 Å². The van der Waals surface area contributed by atoms with Crippen LogP contribution in [0.1, 0.15) is 24.4 Å². The summed E-state index contributed by atoms with van der Waals surface area (Å²) in [7, 11) is 3.80. The number of anilines is 1. The molecule has 1 heterocycles. The number of carbonyl (C=O) groups is 1. The van der Waals surface area contributed by atoms with Crippen LogP contribution in [-0.4, -0.2) is 30.2 Å². The zero-order valence-corrected chi connectivity index (χ0v) is 10.5. The van der Waals surface area contributed by atoms with Crippen LogP contribution >= 0.6 is 11.3 Å². The third-order valence-corrected chi connectivity index (χ3v) is 3.92. The van der Waals surface area contributed by atoms with Crippen molar-refractivity contribution in [3.8, 4) is 0 Å². The topological polar surface area (TPSA) is 53.4 Å². The van der Waals surface area contributed by atoms with Gasteiger partial charge in [0, 0.05) is 19.0 Å². The smallest absolute Gasteiger partial charge is 0.314 e. The first-order valence-corrected chi connectivity index (χ1v) is 5.47. The molecule has 4 nitrogen and oxygen atoms in total. The second kappa shape index (κ2) is 3.81. The summed E-state index contributed by atoms with van der Waals surface area (Å²) in [4.78, 5) is 18.2. The Balaban J connectivity index is 3.21. The van der Waals surface area contributed by atoms with Crippen molar-refractivity contribution < 1.29 is 9.90 Å². The van der Waals surface area contributed by atoms with Crippen molar-refractivity contribution in [2.45, 2.75) is 26.2 Å². The number of thiazole rings is 1. The fraction of sp³-hybridized carbons (Fsp3) is 0.600. The van der Waals surface area contributed by atoms with E-state index in [-0.39, 0.29) is 0 Å². The van der Waals surface area contributed by atoms with Crippen LogP contribution in [0.3, 0.4) is 0 Å². The third kappa shape index (κ3) is 2.12. The maximum Gasteiger partial charge on any atom is 0.314 e. The molecule has 0 aliphatic carbocycles. The lowest BCUT2D eigenvalue weighted by atomic mass is 9.91. The SMILES string of the molecule is Cc1nc(N(C)C)sc1C(C)(C)C(=O)O. The van der Waals surface area contributed by atoms with Gasteiger partial charge in [0.05, 0.1) is 11.1 Å². The molecule has 0 amide bonds. The lowest BCUT2D eigenvalue weighted by molar-refractivity contribution is -0.142. The number of rotatable bonds is 3. The fourth-order valence-corrected chi connectivity index (χ4v) is 2.33. The van der Waals surface area contributed by atoms with Gasteiger partial charge in [0.25, 0.3) is 0 Å². The summed E-state index contributed by atoms with van der Waals surface area (Å²) in [6.45, 7) is 5.26. The molecule has 84 valence electrons. The number of hydrogen-bond acceptors (Lipinski definition) is 4. The van der Waals surface area contributed by atoms with Crippen LogP contribution in [0.15, 0.2) is 0 Å². The van der Waals surface area contributed by atoms with Crippen molar-refractivity contribution in [3.05, 3.63) is 10.6 Å². The quantitative estimate of drug-likeness (QED) is 0.858. The van der Waals surface area contributed by atoms with E-state index in [1.807, 2.05) is 25.9 Å². The highest BCUT2D eigenvalue weighted by atomic mass is 32.1. The largest absolute Gasteiger partial charge is 0.481 e. The van der Waals surface area contributed by atoms with Crippen molar-refractivity contribution in [1.29, 1.82) is 0 Å². The van der Waals surface area contributed by atoms with Crippen molar-refractivity contribution in [2.24, 2.45) is 0 Å². The van der Waals surface area contributed by atoms with E-state index in [1.54, 1.807) is 13.8 Å². The molecule has 1 rings (SSSR count).